The molecular weight excluding hydrogens is 384 g/mol. The van der Waals surface area contributed by atoms with Crippen molar-refractivity contribution in [2.45, 2.75) is 26.1 Å². The van der Waals surface area contributed by atoms with E-state index < -0.39 is 30.4 Å². The van der Waals surface area contributed by atoms with Gasteiger partial charge in [-0.1, -0.05) is 6.92 Å². The predicted molar refractivity (Wildman–Crippen MR) is 88.7 cm³/mol. The van der Waals surface area contributed by atoms with Gasteiger partial charge in [-0.2, -0.15) is 18.3 Å². The number of halogens is 4. The van der Waals surface area contributed by atoms with Gasteiger partial charge in [0.1, 0.15) is 0 Å². The van der Waals surface area contributed by atoms with Crippen LogP contribution in [0.25, 0.3) is 10.9 Å². The highest BCUT2D eigenvalue weighted by molar-refractivity contribution is 6.01. The van der Waals surface area contributed by atoms with E-state index >= 15 is 0 Å². The van der Waals surface area contributed by atoms with E-state index in [0.29, 0.717) is 28.6 Å². The second-order valence-corrected chi connectivity index (χ2v) is 5.85. The van der Waals surface area contributed by atoms with Crippen LogP contribution in [0.1, 0.15) is 28.7 Å². The average molecular weight is 398 g/mol. The maximum atomic E-state index is 14.0. The Balaban J connectivity index is 1.92. The van der Waals surface area contributed by atoms with Crippen LogP contribution in [0.3, 0.4) is 0 Å². The molecule has 7 nitrogen and oxygen atoms in total. The van der Waals surface area contributed by atoms with Crippen molar-refractivity contribution in [2.75, 3.05) is 6.61 Å². The molecule has 1 N–H and O–H groups in total. The standard InChI is InChI=1S/C17H14F4N4O3/c1-2-12-13-11(3-4-22-14(13)16(26)27)24-25(12)7-9-5-10(18)15(23-6-9)28-8-17(19,20)21/h3-6H,2,7-8H2,1H3,(H,26,27). The van der Waals surface area contributed by atoms with Crippen LogP contribution in [0.4, 0.5) is 17.6 Å². The van der Waals surface area contributed by atoms with Crippen molar-refractivity contribution in [2.24, 2.45) is 0 Å². The predicted octanol–water partition coefficient (Wildman–Crippen LogP) is 3.22. The third kappa shape index (κ3) is 4.02. The molecule has 0 atom stereocenters. The van der Waals surface area contributed by atoms with Crippen LogP contribution in [0.5, 0.6) is 5.88 Å². The lowest BCUT2D eigenvalue weighted by molar-refractivity contribution is -0.154. The van der Waals surface area contributed by atoms with E-state index in [1.807, 2.05) is 0 Å². The Hall–Kier alpha value is -3.24. The van der Waals surface area contributed by atoms with Gasteiger partial charge < -0.3 is 9.84 Å². The quantitative estimate of drug-likeness (QED) is 0.642. The molecule has 0 radical (unpaired) electrons. The summed E-state index contributed by atoms with van der Waals surface area (Å²) in [6.07, 6.45) is -1.66. The number of aromatic carboxylic acids is 1. The van der Waals surface area contributed by atoms with Gasteiger partial charge >= 0.3 is 12.1 Å². The molecule has 3 aromatic rings. The van der Waals surface area contributed by atoms with Gasteiger partial charge in [0.15, 0.2) is 18.1 Å². The van der Waals surface area contributed by atoms with Crippen LogP contribution < -0.4 is 4.74 Å². The molecule has 148 valence electrons. The lowest BCUT2D eigenvalue weighted by atomic mass is 10.1. The summed E-state index contributed by atoms with van der Waals surface area (Å²) < 4.78 is 56.4. The highest BCUT2D eigenvalue weighted by Crippen LogP contribution is 2.24. The largest absolute Gasteiger partial charge is 0.476 e. The summed E-state index contributed by atoms with van der Waals surface area (Å²) in [7, 11) is 0. The maximum Gasteiger partial charge on any atom is 0.422 e. The molecule has 0 spiro atoms. The van der Waals surface area contributed by atoms with Gasteiger partial charge in [0.25, 0.3) is 5.88 Å². The fourth-order valence-corrected chi connectivity index (χ4v) is 2.77. The Morgan fingerprint density at radius 1 is 1.32 bits per heavy atom. The summed E-state index contributed by atoms with van der Waals surface area (Å²) in [5, 5.41) is 14.0. The number of carboxylic acids is 1. The Morgan fingerprint density at radius 2 is 2.07 bits per heavy atom. The normalized spacial score (nSPS) is 11.8. The number of aryl methyl sites for hydroxylation is 1. The first-order valence-corrected chi connectivity index (χ1v) is 8.11. The molecule has 0 saturated heterocycles. The number of aromatic nitrogens is 4. The molecule has 3 rings (SSSR count). The number of ether oxygens (including phenoxy) is 1. The summed E-state index contributed by atoms with van der Waals surface area (Å²) in [5.74, 6) is -2.98. The molecule has 0 bridgehead atoms. The van der Waals surface area contributed by atoms with Crippen molar-refractivity contribution in [3.05, 3.63) is 47.3 Å². The molecule has 0 unspecified atom stereocenters. The Kier molecular flexibility index (Phi) is 5.16. The van der Waals surface area contributed by atoms with Gasteiger partial charge in [0.05, 0.1) is 17.4 Å². The third-order valence-corrected chi connectivity index (χ3v) is 3.86. The van der Waals surface area contributed by atoms with Crippen LogP contribution in [0.15, 0.2) is 24.5 Å². The van der Waals surface area contributed by atoms with E-state index in [9.17, 15) is 27.5 Å². The lowest BCUT2D eigenvalue weighted by Crippen LogP contribution is -2.20. The van der Waals surface area contributed by atoms with E-state index in [-0.39, 0.29) is 12.2 Å². The van der Waals surface area contributed by atoms with E-state index in [2.05, 4.69) is 19.8 Å². The Labute approximate surface area is 155 Å². The van der Waals surface area contributed by atoms with Crippen molar-refractivity contribution >= 4 is 16.9 Å². The van der Waals surface area contributed by atoms with Gasteiger partial charge in [-0.25, -0.2) is 19.2 Å². The first-order valence-electron chi connectivity index (χ1n) is 8.11. The summed E-state index contributed by atoms with van der Waals surface area (Å²) in [5.41, 5.74) is 1.19. The minimum absolute atomic E-state index is 0.0420. The topological polar surface area (TPSA) is 90.1 Å². The second-order valence-electron chi connectivity index (χ2n) is 5.85. The van der Waals surface area contributed by atoms with Crippen molar-refractivity contribution in [3.63, 3.8) is 0 Å². The summed E-state index contributed by atoms with van der Waals surface area (Å²) >= 11 is 0. The number of nitrogens with zero attached hydrogens (tertiary/aromatic N) is 4. The highest BCUT2D eigenvalue weighted by Gasteiger charge is 2.29. The molecule has 0 aliphatic carbocycles. The first-order chi connectivity index (χ1) is 13.2. The van der Waals surface area contributed by atoms with Crippen LogP contribution in [0, 0.1) is 5.82 Å². The van der Waals surface area contributed by atoms with Crippen molar-refractivity contribution < 1.29 is 32.2 Å². The molecular formula is C17H14F4N4O3. The molecule has 0 aliphatic heterocycles. The van der Waals surface area contributed by atoms with E-state index in [1.54, 1.807) is 13.0 Å². The lowest BCUT2D eigenvalue weighted by Gasteiger charge is -2.10. The van der Waals surface area contributed by atoms with Crippen molar-refractivity contribution in [3.8, 4) is 5.88 Å². The molecule has 0 saturated carbocycles. The zero-order chi connectivity index (χ0) is 20.5. The van der Waals surface area contributed by atoms with E-state index in [1.165, 1.54) is 17.1 Å². The molecule has 0 fully saturated rings. The molecule has 11 heteroatoms. The molecule has 0 aliphatic rings. The van der Waals surface area contributed by atoms with Gasteiger partial charge in [0.2, 0.25) is 0 Å². The Bertz CT molecular complexity index is 1030. The third-order valence-electron chi connectivity index (χ3n) is 3.86. The number of hydrogen-bond acceptors (Lipinski definition) is 5. The number of alkyl halides is 3. The maximum absolute atomic E-state index is 14.0. The number of pyridine rings is 2. The van der Waals surface area contributed by atoms with Gasteiger partial charge in [-0.05, 0) is 24.1 Å². The molecule has 3 heterocycles. The van der Waals surface area contributed by atoms with Crippen LogP contribution in [0.2, 0.25) is 0 Å². The first kappa shape index (κ1) is 19.5. The molecule has 3 aromatic heterocycles. The summed E-state index contributed by atoms with van der Waals surface area (Å²) in [6.45, 7) is 0.199. The zero-order valence-electron chi connectivity index (χ0n) is 14.5. The number of rotatable bonds is 6. The smallest absolute Gasteiger partial charge is 0.422 e. The highest BCUT2D eigenvalue weighted by atomic mass is 19.4. The minimum Gasteiger partial charge on any atom is -0.476 e. The van der Waals surface area contributed by atoms with Gasteiger partial charge in [-0.3, -0.25) is 4.68 Å². The van der Waals surface area contributed by atoms with Gasteiger partial charge in [0, 0.05) is 18.1 Å². The van der Waals surface area contributed by atoms with E-state index in [0.717, 1.165) is 6.07 Å². The zero-order valence-corrected chi connectivity index (χ0v) is 14.5. The minimum atomic E-state index is -4.60. The average Bonchev–Trinajstić information content (AvgIpc) is 2.96. The second kappa shape index (κ2) is 7.41. The van der Waals surface area contributed by atoms with E-state index in [4.69, 9.17) is 0 Å². The number of carbonyl (C=O) groups is 1. The molecule has 0 amide bonds. The Morgan fingerprint density at radius 3 is 2.68 bits per heavy atom. The SMILES string of the molecule is CCc1c2c(C(=O)O)nccc2nn1Cc1cnc(OCC(F)(F)F)c(F)c1. The molecule has 0 aromatic carbocycles. The summed E-state index contributed by atoms with van der Waals surface area (Å²) in [4.78, 5) is 18.9. The monoisotopic (exact) mass is 398 g/mol. The van der Waals surface area contributed by atoms with Crippen LogP contribution in [-0.4, -0.2) is 43.6 Å². The van der Waals surface area contributed by atoms with Crippen molar-refractivity contribution in [1.82, 2.24) is 19.7 Å². The van der Waals surface area contributed by atoms with Crippen molar-refractivity contribution in [1.29, 1.82) is 0 Å². The van der Waals surface area contributed by atoms with Crippen LogP contribution >= 0.6 is 0 Å². The number of carboxylic acid groups (broad SMARTS) is 1. The summed E-state index contributed by atoms with van der Waals surface area (Å²) in [6, 6.07) is 2.56. The molecule has 28 heavy (non-hydrogen) atoms. The van der Waals surface area contributed by atoms with Crippen LogP contribution in [-0.2, 0) is 13.0 Å². The number of fused-ring (bicyclic) bond motifs is 1. The fourth-order valence-electron chi connectivity index (χ4n) is 2.77. The fraction of sp³-hybridized carbons (Fsp3) is 0.294. The number of hydrogen-bond donors (Lipinski definition) is 1. The van der Waals surface area contributed by atoms with Gasteiger partial charge in [-0.15, -0.1) is 0 Å².